The van der Waals surface area contributed by atoms with E-state index >= 15 is 0 Å². The highest BCUT2D eigenvalue weighted by atomic mass is 16.2. The molecule has 2 rings (SSSR count). The zero-order chi connectivity index (χ0) is 14.4. The van der Waals surface area contributed by atoms with Crippen LogP contribution in [0.1, 0.15) is 51.9 Å². The Hall–Kier alpha value is -1.51. The zero-order valence-electron chi connectivity index (χ0n) is 12.5. The van der Waals surface area contributed by atoms with Gasteiger partial charge < -0.3 is 10.6 Å². The monoisotopic (exact) mass is 274 g/mol. The van der Waals surface area contributed by atoms with Gasteiger partial charge in [0.1, 0.15) is 0 Å². The quantitative estimate of drug-likeness (QED) is 0.797. The third-order valence-electron chi connectivity index (χ3n) is 4.22. The number of nitrogens with zero attached hydrogens (tertiary/aromatic N) is 1. The lowest BCUT2D eigenvalue weighted by atomic mass is 10.0. The Bertz CT molecular complexity index is 438. The second-order valence-electron chi connectivity index (χ2n) is 5.79. The molecule has 0 heterocycles. The van der Waals surface area contributed by atoms with E-state index in [9.17, 15) is 4.79 Å². The second-order valence-corrected chi connectivity index (χ2v) is 5.79. The maximum atomic E-state index is 12.5. The van der Waals surface area contributed by atoms with Gasteiger partial charge in [-0.15, -0.1) is 0 Å². The number of anilines is 2. The first-order chi connectivity index (χ1) is 9.72. The Balaban J connectivity index is 2.00. The highest BCUT2D eigenvalue weighted by Crippen LogP contribution is 2.30. The van der Waals surface area contributed by atoms with Gasteiger partial charge in [0.15, 0.2) is 0 Å². The summed E-state index contributed by atoms with van der Waals surface area (Å²) in [6, 6.07) is 7.66. The van der Waals surface area contributed by atoms with Gasteiger partial charge in [-0.2, -0.15) is 0 Å². The van der Waals surface area contributed by atoms with Crippen molar-refractivity contribution < 1.29 is 4.79 Å². The van der Waals surface area contributed by atoms with Crippen molar-refractivity contribution in [3.8, 4) is 0 Å². The number of hydrogen-bond donors (Lipinski definition) is 1. The van der Waals surface area contributed by atoms with Crippen molar-refractivity contribution in [2.75, 3.05) is 17.2 Å². The van der Waals surface area contributed by atoms with E-state index in [1.54, 1.807) is 0 Å². The Kier molecular flexibility index (Phi) is 5.45. The molecule has 2 N–H and O–H groups in total. The standard InChI is InChI=1S/C17H26N2O/c1-2-13-19(16-10-6-5-9-15(16)18)17(20)12-11-14-7-3-4-8-14/h5-6,9-10,14H,2-4,7-8,11-13,18H2,1H3. The molecule has 0 aromatic heterocycles. The molecule has 1 aliphatic rings. The second kappa shape index (κ2) is 7.32. The third kappa shape index (κ3) is 3.75. The van der Waals surface area contributed by atoms with Gasteiger partial charge in [-0.25, -0.2) is 0 Å². The number of hydrogen-bond acceptors (Lipinski definition) is 2. The molecule has 110 valence electrons. The number of nitrogen functional groups attached to an aromatic ring is 1. The van der Waals surface area contributed by atoms with E-state index in [4.69, 9.17) is 5.73 Å². The van der Waals surface area contributed by atoms with Gasteiger partial charge in [0.25, 0.3) is 0 Å². The van der Waals surface area contributed by atoms with E-state index in [0.29, 0.717) is 12.1 Å². The largest absolute Gasteiger partial charge is 0.397 e. The van der Waals surface area contributed by atoms with E-state index in [2.05, 4.69) is 6.92 Å². The van der Waals surface area contributed by atoms with Crippen molar-refractivity contribution in [2.45, 2.75) is 51.9 Å². The normalized spacial score (nSPS) is 15.4. The van der Waals surface area contributed by atoms with Crippen molar-refractivity contribution in [3.05, 3.63) is 24.3 Å². The molecule has 20 heavy (non-hydrogen) atoms. The van der Waals surface area contributed by atoms with Crippen LogP contribution in [0.25, 0.3) is 0 Å². The first-order valence-corrected chi connectivity index (χ1v) is 7.87. The molecule has 0 saturated heterocycles. The minimum absolute atomic E-state index is 0.219. The van der Waals surface area contributed by atoms with E-state index in [1.807, 2.05) is 29.2 Å². The fraction of sp³-hybridized carbons (Fsp3) is 0.588. The molecule has 0 unspecified atom stereocenters. The van der Waals surface area contributed by atoms with Gasteiger partial charge in [0.05, 0.1) is 11.4 Å². The summed E-state index contributed by atoms with van der Waals surface area (Å²) in [6.45, 7) is 2.84. The molecule has 1 aromatic carbocycles. The third-order valence-corrected chi connectivity index (χ3v) is 4.22. The Morgan fingerprint density at radius 1 is 1.30 bits per heavy atom. The van der Waals surface area contributed by atoms with Crippen LogP contribution in [0, 0.1) is 5.92 Å². The van der Waals surface area contributed by atoms with Crippen LogP contribution in [-0.4, -0.2) is 12.5 Å². The molecule has 0 radical (unpaired) electrons. The Labute approximate surface area is 122 Å². The maximum absolute atomic E-state index is 12.5. The highest BCUT2D eigenvalue weighted by molar-refractivity contribution is 5.96. The van der Waals surface area contributed by atoms with Crippen molar-refractivity contribution >= 4 is 17.3 Å². The molecule has 1 aliphatic carbocycles. The molecule has 0 spiro atoms. The number of nitrogens with two attached hydrogens (primary N) is 1. The number of carbonyl (C=O) groups excluding carboxylic acids is 1. The van der Waals surface area contributed by atoms with Crippen molar-refractivity contribution in [1.29, 1.82) is 0 Å². The summed E-state index contributed by atoms with van der Waals surface area (Å²) >= 11 is 0. The summed E-state index contributed by atoms with van der Waals surface area (Å²) in [5, 5.41) is 0. The fourth-order valence-corrected chi connectivity index (χ4v) is 3.10. The molecule has 3 heteroatoms. The van der Waals surface area contributed by atoms with Crippen LogP contribution in [-0.2, 0) is 4.79 Å². The Morgan fingerprint density at radius 3 is 2.65 bits per heavy atom. The topological polar surface area (TPSA) is 46.3 Å². The molecule has 3 nitrogen and oxygen atoms in total. The number of para-hydroxylation sites is 2. The van der Waals surface area contributed by atoms with Gasteiger partial charge in [0, 0.05) is 13.0 Å². The average molecular weight is 274 g/mol. The molecule has 0 atom stereocenters. The molecule has 0 aliphatic heterocycles. The lowest BCUT2D eigenvalue weighted by Gasteiger charge is -2.24. The summed E-state index contributed by atoms with van der Waals surface area (Å²) in [7, 11) is 0. The van der Waals surface area contributed by atoms with Crippen LogP contribution >= 0.6 is 0 Å². The molecule has 0 bridgehead atoms. The van der Waals surface area contributed by atoms with Crippen molar-refractivity contribution in [3.63, 3.8) is 0 Å². The van der Waals surface area contributed by atoms with Crippen LogP contribution in [0.2, 0.25) is 0 Å². The molecule has 1 fully saturated rings. The van der Waals surface area contributed by atoms with Crippen molar-refractivity contribution in [1.82, 2.24) is 0 Å². The van der Waals surface area contributed by atoms with Gasteiger partial charge in [0.2, 0.25) is 5.91 Å². The summed E-state index contributed by atoms with van der Waals surface area (Å²) in [5.41, 5.74) is 7.57. The van der Waals surface area contributed by atoms with Crippen LogP contribution in [0.4, 0.5) is 11.4 Å². The van der Waals surface area contributed by atoms with Crippen molar-refractivity contribution in [2.24, 2.45) is 5.92 Å². The van der Waals surface area contributed by atoms with Crippen LogP contribution in [0.5, 0.6) is 0 Å². The van der Waals surface area contributed by atoms with Crippen LogP contribution in [0.3, 0.4) is 0 Å². The molecule has 1 amide bonds. The smallest absolute Gasteiger partial charge is 0.227 e. The van der Waals surface area contributed by atoms with Gasteiger partial charge in [-0.3, -0.25) is 4.79 Å². The van der Waals surface area contributed by atoms with Gasteiger partial charge >= 0.3 is 0 Å². The van der Waals surface area contributed by atoms with E-state index < -0.39 is 0 Å². The van der Waals surface area contributed by atoms with Crippen LogP contribution < -0.4 is 10.6 Å². The number of amides is 1. The SMILES string of the molecule is CCCN(C(=O)CCC1CCCC1)c1ccccc1N. The van der Waals surface area contributed by atoms with E-state index in [1.165, 1.54) is 25.7 Å². The minimum atomic E-state index is 0.219. The van der Waals surface area contributed by atoms with E-state index in [-0.39, 0.29) is 5.91 Å². The summed E-state index contributed by atoms with van der Waals surface area (Å²) in [4.78, 5) is 14.4. The lowest BCUT2D eigenvalue weighted by Crippen LogP contribution is -2.32. The molecular formula is C17H26N2O. The summed E-state index contributed by atoms with van der Waals surface area (Å²) in [5.74, 6) is 0.979. The van der Waals surface area contributed by atoms with E-state index in [0.717, 1.165) is 31.0 Å². The first kappa shape index (κ1) is 14.9. The van der Waals surface area contributed by atoms with Crippen LogP contribution in [0.15, 0.2) is 24.3 Å². The van der Waals surface area contributed by atoms with Gasteiger partial charge in [-0.05, 0) is 30.9 Å². The molecule has 1 saturated carbocycles. The summed E-state index contributed by atoms with van der Waals surface area (Å²) < 4.78 is 0. The Morgan fingerprint density at radius 2 is 2.00 bits per heavy atom. The average Bonchev–Trinajstić information content (AvgIpc) is 2.96. The van der Waals surface area contributed by atoms with Gasteiger partial charge in [-0.1, -0.05) is 44.7 Å². The fourth-order valence-electron chi connectivity index (χ4n) is 3.10. The predicted molar refractivity (Wildman–Crippen MR) is 84.7 cm³/mol. The summed E-state index contributed by atoms with van der Waals surface area (Å²) in [6.07, 6.45) is 7.91. The first-order valence-electron chi connectivity index (χ1n) is 7.87. The zero-order valence-corrected chi connectivity index (χ0v) is 12.5. The predicted octanol–water partition coefficient (Wildman–Crippen LogP) is 3.98. The number of benzene rings is 1. The number of carbonyl (C=O) groups is 1. The number of rotatable bonds is 6. The molecule has 1 aromatic rings. The molecular weight excluding hydrogens is 248 g/mol. The lowest BCUT2D eigenvalue weighted by molar-refractivity contribution is -0.118. The highest BCUT2D eigenvalue weighted by Gasteiger charge is 2.20. The minimum Gasteiger partial charge on any atom is -0.397 e. The maximum Gasteiger partial charge on any atom is 0.227 e.